The molecule has 8 nitrogen and oxygen atoms in total. The van der Waals surface area contributed by atoms with E-state index in [1.807, 2.05) is 6.07 Å². The number of nitro groups is 1. The van der Waals surface area contributed by atoms with Gasteiger partial charge in [0.1, 0.15) is 0 Å². The summed E-state index contributed by atoms with van der Waals surface area (Å²) in [6.07, 6.45) is 1.49. The highest BCUT2D eigenvalue weighted by molar-refractivity contribution is 6.31. The van der Waals surface area contributed by atoms with Crippen LogP contribution in [0.5, 0.6) is 5.75 Å². The smallest absolute Gasteiger partial charge is 0.311 e. The summed E-state index contributed by atoms with van der Waals surface area (Å²) in [6.45, 7) is 0.232. The fraction of sp³-hybridized carbons (Fsp3) is 0.100. The molecule has 0 aliphatic carbocycles. The molecule has 1 aromatic heterocycles. The summed E-state index contributed by atoms with van der Waals surface area (Å²) in [5, 5.41) is 14.3. The number of amides is 1. The highest BCUT2D eigenvalue weighted by Gasteiger charge is 2.18. The molecule has 9 heteroatoms. The molecule has 2 aromatic carbocycles. The first-order valence-electron chi connectivity index (χ1n) is 8.46. The number of rotatable bonds is 6. The zero-order valence-corrected chi connectivity index (χ0v) is 16.1. The number of aromatic nitrogens is 1. The first kappa shape index (κ1) is 20.1. The first-order valence-corrected chi connectivity index (χ1v) is 8.84. The molecule has 1 N–H and O–H groups in total. The summed E-state index contributed by atoms with van der Waals surface area (Å²) in [7, 11) is 1.31. The number of anilines is 1. The molecular formula is C20H16ClN3O5. The second-order valence-corrected chi connectivity index (χ2v) is 6.48. The molecular weight excluding hydrogens is 398 g/mol. The Balaban J connectivity index is 1.84. The van der Waals surface area contributed by atoms with Crippen molar-refractivity contribution in [1.29, 1.82) is 0 Å². The van der Waals surface area contributed by atoms with Gasteiger partial charge < -0.3 is 14.6 Å². The molecule has 0 saturated heterocycles. The van der Waals surface area contributed by atoms with E-state index in [9.17, 15) is 19.7 Å². The van der Waals surface area contributed by atoms with Gasteiger partial charge in [0.2, 0.25) is 0 Å². The van der Waals surface area contributed by atoms with Crippen molar-refractivity contribution in [3.05, 3.63) is 97.4 Å². The Kier molecular flexibility index (Phi) is 5.94. The summed E-state index contributed by atoms with van der Waals surface area (Å²) >= 11 is 6.15. The third kappa shape index (κ3) is 4.61. The van der Waals surface area contributed by atoms with Crippen LogP contribution in [0.15, 0.2) is 65.6 Å². The molecule has 0 atom stereocenters. The third-order valence-corrected chi connectivity index (χ3v) is 4.55. The molecule has 0 fully saturated rings. The molecule has 3 aromatic rings. The molecule has 0 spiro atoms. The van der Waals surface area contributed by atoms with Crippen molar-refractivity contribution in [3.8, 4) is 5.75 Å². The number of methoxy groups -OCH3 is 1. The van der Waals surface area contributed by atoms with Crippen LogP contribution in [0.1, 0.15) is 15.9 Å². The summed E-state index contributed by atoms with van der Waals surface area (Å²) in [5.74, 6) is -0.501. The first-order chi connectivity index (χ1) is 13.9. The quantitative estimate of drug-likeness (QED) is 0.490. The van der Waals surface area contributed by atoms with Crippen LogP contribution in [-0.4, -0.2) is 22.5 Å². The predicted molar refractivity (Wildman–Crippen MR) is 109 cm³/mol. The number of benzene rings is 2. The average Bonchev–Trinajstić information content (AvgIpc) is 2.71. The number of ether oxygens (including phenoxy) is 1. The van der Waals surface area contributed by atoms with Crippen LogP contribution in [0.4, 0.5) is 11.4 Å². The van der Waals surface area contributed by atoms with Gasteiger partial charge in [-0.2, -0.15) is 0 Å². The molecule has 148 valence electrons. The van der Waals surface area contributed by atoms with Crippen LogP contribution in [-0.2, 0) is 6.54 Å². The van der Waals surface area contributed by atoms with Crippen molar-refractivity contribution >= 4 is 28.9 Å². The molecule has 0 saturated carbocycles. The van der Waals surface area contributed by atoms with Crippen LogP contribution in [0.2, 0.25) is 5.02 Å². The van der Waals surface area contributed by atoms with Gasteiger partial charge >= 0.3 is 5.69 Å². The van der Waals surface area contributed by atoms with Crippen molar-refractivity contribution in [2.24, 2.45) is 0 Å². The van der Waals surface area contributed by atoms with E-state index in [2.05, 4.69) is 5.32 Å². The summed E-state index contributed by atoms with van der Waals surface area (Å²) in [4.78, 5) is 35.2. The number of nitrogens with one attached hydrogen (secondary N) is 1. The highest BCUT2D eigenvalue weighted by Crippen LogP contribution is 2.27. The van der Waals surface area contributed by atoms with Gasteiger partial charge in [-0.3, -0.25) is 19.7 Å². The van der Waals surface area contributed by atoms with Crippen LogP contribution in [0, 0.1) is 10.1 Å². The molecule has 1 heterocycles. The monoisotopic (exact) mass is 413 g/mol. The Morgan fingerprint density at radius 2 is 1.97 bits per heavy atom. The van der Waals surface area contributed by atoms with Gasteiger partial charge in [-0.05, 0) is 29.8 Å². The lowest BCUT2D eigenvalue weighted by Crippen LogP contribution is -2.21. The van der Waals surface area contributed by atoms with Gasteiger partial charge in [0.25, 0.3) is 11.5 Å². The molecule has 0 aliphatic rings. The van der Waals surface area contributed by atoms with E-state index in [4.69, 9.17) is 16.3 Å². The van der Waals surface area contributed by atoms with Crippen molar-refractivity contribution < 1.29 is 14.5 Å². The van der Waals surface area contributed by atoms with Crippen LogP contribution >= 0.6 is 11.6 Å². The van der Waals surface area contributed by atoms with Crippen LogP contribution < -0.4 is 15.6 Å². The molecule has 0 radical (unpaired) electrons. The molecule has 1 amide bonds. The molecule has 0 unspecified atom stereocenters. The Labute approximate surface area is 170 Å². The maximum atomic E-state index is 12.5. The zero-order valence-electron chi connectivity index (χ0n) is 15.3. The molecule has 0 aliphatic heterocycles. The summed E-state index contributed by atoms with van der Waals surface area (Å²) in [6, 6.07) is 13.8. The Morgan fingerprint density at radius 1 is 1.21 bits per heavy atom. The Hall–Kier alpha value is -3.65. The van der Waals surface area contributed by atoms with Crippen molar-refractivity contribution in [2.45, 2.75) is 6.54 Å². The number of hydrogen-bond acceptors (Lipinski definition) is 5. The van der Waals surface area contributed by atoms with Crippen LogP contribution in [0.25, 0.3) is 0 Å². The van der Waals surface area contributed by atoms with Crippen molar-refractivity contribution in [1.82, 2.24) is 4.57 Å². The number of carbonyl (C=O) groups is 1. The van der Waals surface area contributed by atoms with E-state index in [0.717, 1.165) is 11.6 Å². The SMILES string of the molecule is COc1ccc(C(=O)Nc2ccc(=O)n(Cc3ccccc3Cl)c2)cc1[N+](=O)[O-]. The minimum Gasteiger partial charge on any atom is -0.490 e. The number of pyridine rings is 1. The van der Waals surface area contributed by atoms with Crippen molar-refractivity contribution in [3.63, 3.8) is 0 Å². The summed E-state index contributed by atoms with van der Waals surface area (Å²) in [5.41, 5.74) is 0.624. The minimum absolute atomic E-state index is 0.0554. The number of carbonyl (C=O) groups excluding carboxylic acids is 1. The lowest BCUT2D eigenvalue weighted by atomic mass is 10.1. The standard InChI is InChI=1S/C20H16ClN3O5/c1-29-18-8-6-13(10-17(18)24(27)28)20(26)22-15-7-9-19(25)23(12-15)11-14-4-2-3-5-16(14)21/h2-10,12H,11H2,1H3,(H,22,26). The highest BCUT2D eigenvalue weighted by atomic mass is 35.5. The fourth-order valence-electron chi connectivity index (χ4n) is 2.72. The number of nitrogens with zero attached hydrogens (tertiary/aromatic N) is 2. The van der Waals surface area contributed by atoms with E-state index >= 15 is 0 Å². The lowest BCUT2D eigenvalue weighted by molar-refractivity contribution is -0.385. The van der Waals surface area contributed by atoms with E-state index < -0.39 is 10.8 Å². The lowest BCUT2D eigenvalue weighted by Gasteiger charge is -2.11. The van der Waals surface area contributed by atoms with Gasteiger partial charge in [-0.15, -0.1) is 0 Å². The number of hydrogen-bond donors (Lipinski definition) is 1. The van der Waals surface area contributed by atoms with Gasteiger partial charge in [-0.1, -0.05) is 29.8 Å². The topological polar surface area (TPSA) is 103 Å². The molecule has 3 rings (SSSR count). The largest absolute Gasteiger partial charge is 0.490 e. The second kappa shape index (κ2) is 8.57. The van der Waals surface area contributed by atoms with E-state index in [-0.39, 0.29) is 29.1 Å². The molecule has 0 bridgehead atoms. The third-order valence-electron chi connectivity index (χ3n) is 4.18. The fourth-order valence-corrected chi connectivity index (χ4v) is 2.91. The van der Waals surface area contributed by atoms with Gasteiger partial charge in [-0.25, -0.2) is 0 Å². The van der Waals surface area contributed by atoms with Crippen LogP contribution in [0.3, 0.4) is 0 Å². The zero-order chi connectivity index (χ0) is 21.0. The average molecular weight is 414 g/mol. The maximum Gasteiger partial charge on any atom is 0.311 e. The normalized spacial score (nSPS) is 10.4. The Bertz CT molecular complexity index is 1140. The van der Waals surface area contributed by atoms with Gasteiger partial charge in [0.05, 0.1) is 24.3 Å². The van der Waals surface area contributed by atoms with Gasteiger partial charge in [0.15, 0.2) is 5.75 Å². The maximum absolute atomic E-state index is 12.5. The summed E-state index contributed by atoms with van der Waals surface area (Å²) < 4.78 is 6.34. The van der Waals surface area contributed by atoms with E-state index in [1.54, 1.807) is 18.2 Å². The van der Waals surface area contributed by atoms with E-state index in [0.29, 0.717) is 10.7 Å². The molecule has 29 heavy (non-hydrogen) atoms. The number of halogens is 1. The Morgan fingerprint density at radius 3 is 2.66 bits per heavy atom. The number of nitro benzene ring substituents is 1. The minimum atomic E-state index is -0.626. The van der Waals surface area contributed by atoms with Gasteiger partial charge in [0, 0.05) is 28.9 Å². The second-order valence-electron chi connectivity index (χ2n) is 6.07. The predicted octanol–water partition coefficient (Wildman–Crippen LogP) is 3.72. The van der Waals surface area contributed by atoms with E-state index in [1.165, 1.54) is 42.1 Å². The van der Waals surface area contributed by atoms with Crippen molar-refractivity contribution in [2.75, 3.05) is 12.4 Å².